The van der Waals surface area contributed by atoms with E-state index in [2.05, 4.69) is 33.3 Å². The molecule has 0 radical (unpaired) electrons. The quantitative estimate of drug-likeness (QED) is 0.808. The fourth-order valence-corrected chi connectivity index (χ4v) is 3.77. The molecule has 2 aliphatic rings. The third-order valence-electron chi connectivity index (χ3n) is 5.34. The van der Waals surface area contributed by atoms with Crippen molar-refractivity contribution in [1.82, 2.24) is 19.7 Å². The van der Waals surface area contributed by atoms with E-state index in [1.165, 1.54) is 24.8 Å². The average Bonchev–Trinajstić information content (AvgIpc) is 3.45. The average molecular weight is 306 g/mol. The topological polar surface area (TPSA) is 63.8 Å². The lowest BCUT2D eigenvalue weighted by molar-refractivity contribution is 0.276. The first-order valence-corrected chi connectivity index (χ1v) is 8.12. The maximum absolute atomic E-state index is 9.37. The molecule has 1 spiro atoms. The summed E-state index contributed by atoms with van der Waals surface area (Å²) in [5, 5.41) is 15.0. The Morgan fingerprint density at radius 2 is 2.13 bits per heavy atom. The molecule has 2 aliphatic carbocycles. The number of aryl methyl sites for hydroxylation is 1. The van der Waals surface area contributed by atoms with E-state index in [9.17, 15) is 5.11 Å². The van der Waals surface area contributed by atoms with Crippen molar-refractivity contribution in [2.75, 3.05) is 0 Å². The largest absolute Gasteiger partial charge is 0.390 e. The zero-order valence-electron chi connectivity index (χ0n) is 13.0. The van der Waals surface area contributed by atoms with Gasteiger partial charge in [0.15, 0.2) is 5.82 Å². The van der Waals surface area contributed by atoms with Gasteiger partial charge in [-0.15, -0.1) is 0 Å². The number of aromatic nitrogens is 4. The van der Waals surface area contributed by atoms with Gasteiger partial charge < -0.3 is 5.11 Å². The summed E-state index contributed by atoms with van der Waals surface area (Å²) in [7, 11) is 0. The van der Waals surface area contributed by atoms with Crippen LogP contribution in [0.15, 0.2) is 30.5 Å². The highest BCUT2D eigenvalue weighted by molar-refractivity contribution is 5.81. The summed E-state index contributed by atoms with van der Waals surface area (Å²) in [6.45, 7) is 1.74. The van der Waals surface area contributed by atoms with E-state index in [1.54, 1.807) is 6.07 Å². The molecule has 0 amide bonds. The molecule has 0 saturated heterocycles. The lowest BCUT2D eigenvalue weighted by Crippen LogP contribution is -2.05. The van der Waals surface area contributed by atoms with Gasteiger partial charge >= 0.3 is 0 Å². The Kier molecular flexibility index (Phi) is 2.52. The summed E-state index contributed by atoms with van der Waals surface area (Å²) in [4.78, 5) is 8.71. The maximum Gasteiger partial charge on any atom is 0.158 e. The highest BCUT2D eigenvalue weighted by Gasteiger charge is 2.62. The third-order valence-corrected chi connectivity index (χ3v) is 5.34. The fraction of sp³-hybridized carbons (Fsp3) is 0.389. The number of rotatable bonds is 3. The molecule has 5 heteroatoms. The summed E-state index contributed by atoms with van der Waals surface area (Å²) < 4.78 is 1.86. The van der Waals surface area contributed by atoms with Gasteiger partial charge in [-0.2, -0.15) is 5.10 Å². The molecule has 23 heavy (non-hydrogen) atoms. The van der Waals surface area contributed by atoms with Crippen molar-refractivity contribution in [3.05, 3.63) is 47.5 Å². The Bertz CT molecular complexity index is 926. The van der Waals surface area contributed by atoms with E-state index in [0.29, 0.717) is 22.8 Å². The summed E-state index contributed by atoms with van der Waals surface area (Å²) >= 11 is 0. The summed E-state index contributed by atoms with van der Waals surface area (Å²) in [6, 6.07) is 8.46. The van der Waals surface area contributed by atoms with Crippen LogP contribution in [0.3, 0.4) is 0 Å². The number of nitrogens with zero attached hydrogens (tertiary/aromatic N) is 4. The van der Waals surface area contributed by atoms with Gasteiger partial charge in [-0.1, -0.05) is 12.1 Å². The molecule has 2 fully saturated rings. The Morgan fingerprint density at radius 3 is 2.87 bits per heavy atom. The third kappa shape index (κ3) is 2.00. The first kappa shape index (κ1) is 13.2. The van der Waals surface area contributed by atoms with E-state index in [4.69, 9.17) is 0 Å². The van der Waals surface area contributed by atoms with E-state index >= 15 is 0 Å². The van der Waals surface area contributed by atoms with Gasteiger partial charge in [0, 0.05) is 11.5 Å². The zero-order chi connectivity index (χ0) is 15.6. The second-order valence-electron chi connectivity index (χ2n) is 6.92. The molecule has 1 unspecified atom stereocenters. The maximum atomic E-state index is 9.37. The van der Waals surface area contributed by atoms with E-state index in [0.717, 1.165) is 16.8 Å². The molecule has 1 aromatic carbocycles. The molecule has 116 valence electrons. The van der Waals surface area contributed by atoms with Crippen molar-refractivity contribution in [3.63, 3.8) is 0 Å². The van der Waals surface area contributed by atoms with Crippen LogP contribution in [-0.4, -0.2) is 24.9 Å². The number of aliphatic hydroxyl groups is 1. The molecule has 3 aromatic rings. The summed E-state index contributed by atoms with van der Waals surface area (Å²) in [5.41, 5.74) is 3.76. The summed E-state index contributed by atoms with van der Waals surface area (Å²) in [6.07, 6.45) is 5.99. The molecule has 2 heterocycles. The molecular weight excluding hydrogens is 288 g/mol. The number of hydrogen-bond acceptors (Lipinski definition) is 4. The van der Waals surface area contributed by atoms with Crippen molar-refractivity contribution in [2.45, 2.75) is 38.7 Å². The van der Waals surface area contributed by atoms with Crippen LogP contribution < -0.4 is 0 Å². The molecule has 5 rings (SSSR count). The lowest BCUT2D eigenvalue weighted by atomic mass is 10.1. The van der Waals surface area contributed by atoms with Crippen LogP contribution >= 0.6 is 0 Å². The Morgan fingerprint density at radius 1 is 1.26 bits per heavy atom. The predicted octanol–water partition coefficient (Wildman–Crippen LogP) is 2.88. The van der Waals surface area contributed by atoms with Crippen LogP contribution in [0.4, 0.5) is 0 Å². The second-order valence-corrected chi connectivity index (χ2v) is 6.92. The molecule has 2 aromatic heterocycles. The van der Waals surface area contributed by atoms with E-state index < -0.39 is 0 Å². The summed E-state index contributed by atoms with van der Waals surface area (Å²) in [5.74, 6) is 2.09. The molecule has 5 nitrogen and oxygen atoms in total. The smallest absolute Gasteiger partial charge is 0.158 e. The van der Waals surface area contributed by atoms with Crippen LogP contribution in [0.25, 0.3) is 16.7 Å². The number of hydrogen-bond donors (Lipinski definition) is 1. The van der Waals surface area contributed by atoms with Crippen molar-refractivity contribution >= 4 is 10.9 Å². The lowest BCUT2D eigenvalue weighted by Gasteiger charge is -2.07. The van der Waals surface area contributed by atoms with Crippen molar-refractivity contribution in [1.29, 1.82) is 0 Å². The van der Waals surface area contributed by atoms with Gasteiger partial charge in [0.25, 0.3) is 0 Å². The Balaban J connectivity index is 1.63. The Labute approximate surface area is 134 Å². The van der Waals surface area contributed by atoms with E-state index in [1.807, 2.05) is 17.8 Å². The van der Waals surface area contributed by atoms with Gasteiger partial charge in [-0.3, -0.25) is 0 Å². The van der Waals surface area contributed by atoms with Gasteiger partial charge in [0.1, 0.15) is 5.82 Å². The van der Waals surface area contributed by atoms with Crippen LogP contribution in [0.2, 0.25) is 0 Å². The number of aliphatic hydroxyl groups excluding tert-OH is 1. The fourth-order valence-electron chi connectivity index (χ4n) is 3.77. The van der Waals surface area contributed by atoms with Gasteiger partial charge in [-0.25, -0.2) is 14.6 Å². The monoisotopic (exact) mass is 306 g/mol. The molecule has 1 atom stereocenters. The van der Waals surface area contributed by atoms with Crippen molar-refractivity contribution in [3.8, 4) is 5.82 Å². The van der Waals surface area contributed by atoms with Crippen molar-refractivity contribution < 1.29 is 5.11 Å². The normalized spacial score (nSPS) is 21.0. The zero-order valence-corrected chi connectivity index (χ0v) is 13.0. The van der Waals surface area contributed by atoms with Crippen molar-refractivity contribution in [2.24, 2.45) is 5.41 Å². The first-order valence-electron chi connectivity index (χ1n) is 8.12. The number of benzene rings is 1. The minimum Gasteiger partial charge on any atom is -0.390 e. The van der Waals surface area contributed by atoms with Crippen LogP contribution in [0.5, 0.6) is 0 Å². The second kappa shape index (κ2) is 4.38. The Hall–Kier alpha value is -2.27. The van der Waals surface area contributed by atoms with Gasteiger partial charge in [-0.05, 0) is 49.1 Å². The highest BCUT2D eigenvalue weighted by atomic mass is 16.3. The van der Waals surface area contributed by atoms with Crippen LogP contribution in [0.1, 0.15) is 42.3 Å². The van der Waals surface area contributed by atoms with Gasteiger partial charge in [0.05, 0.1) is 24.0 Å². The molecule has 0 bridgehead atoms. The standard InChI is InChI=1S/C18H18N4O/c1-11-20-14(10-23)7-17(21-11)22-16-6-12(2-3-13(16)9-19-22)15-8-18(15)4-5-18/h2-3,6-7,9,15,23H,4-5,8,10H2,1H3. The number of fused-ring (bicyclic) bond motifs is 1. The SMILES string of the molecule is Cc1nc(CO)cc(-n2ncc3ccc(C4CC45CC5)cc32)n1. The molecule has 0 aliphatic heterocycles. The minimum atomic E-state index is -0.0919. The molecule has 2 saturated carbocycles. The first-order chi connectivity index (χ1) is 11.2. The minimum absolute atomic E-state index is 0.0919. The molecule has 1 N–H and O–H groups in total. The molecular formula is C18H18N4O. The van der Waals surface area contributed by atoms with Gasteiger partial charge in [0.2, 0.25) is 0 Å². The van der Waals surface area contributed by atoms with Crippen LogP contribution in [0, 0.1) is 12.3 Å². The predicted molar refractivity (Wildman–Crippen MR) is 86.3 cm³/mol. The van der Waals surface area contributed by atoms with Crippen LogP contribution in [-0.2, 0) is 6.61 Å². The highest BCUT2D eigenvalue weighted by Crippen LogP contribution is 2.75. The van der Waals surface area contributed by atoms with E-state index in [-0.39, 0.29) is 6.61 Å².